The Bertz CT molecular complexity index is 272. The molecule has 1 aliphatic heterocycles. The molecule has 1 heterocycles. The molecule has 0 radical (unpaired) electrons. The third kappa shape index (κ3) is 2.69. The average Bonchev–Trinajstić information content (AvgIpc) is 2.56. The van der Waals surface area contributed by atoms with E-state index in [1.54, 1.807) is 6.92 Å². The van der Waals surface area contributed by atoms with Gasteiger partial charge in [0.1, 0.15) is 5.54 Å². The van der Waals surface area contributed by atoms with Gasteiger partial charge in [0.2, 0.25) is 0 Å². The fraction of sp³-hybridized carbons (Fsp3) is 0.818. The molecule has 0 saturated carbocycles. The molecule has 4 heteroatoms. The maximum atomic E-state index is 11.1. The normalized spacial score (nSPS) is 26.4. The minimum absolute atomic E-state index is 0.567. The number of aliphatic carboxylic acids is 1. The number of carbonyl (C=O) groups is 1. The molecule has 1 aliphatic rings. The van der Waals surface area contributed by atoms with Gasteiger partial charge in [-0.1, -0.05) is 0 Å². The molecule has 1 unspecified atom stereocenters. The highest BCUT2D eigenvalue weighted by Gasteiger charge is 2.42. The van der Waals surface area contributed by atoms with Crippen LogP contribution in [0.3, 0.4) is 0 Å². The number of carboxylic acids is 1. The van der Waals surface area contributed by atoms with Gasteiger partial charge in [-0.15, -0.1) is 0 Å². The summed E-state index contributed by atoms with van der Waals surface area (Å²) in [6.45, 7) is 3.46. The van der Waals surface area contributed by atoms with Crippen molar-refractivity contribution in [2.45, 2.75) is 44.6 Å². The smallest absolute Gasteiger partial charge is 0.323 e. The van der Waals surface area contributed by atoms with Crippen LogP contribution in [0.5, 0.6) is 0 Å². The Morgan fingerprint density at radius 2 is 2.33 bits per heavy atom. The van der Waals surface area contributed by atoms with E-state index in [2.05, 4.69) is 6.07 Å². The van der Waals surface area contributed by atoms with Gasteiger partial charge in [0.05, 0.1) is 6.07 Å². The van der Waals surface area contributed by atoms with Gasteiger partial charge in [-0.05, 0) is 45.7 Å². The molecule has 0 aliphatic carbocycles. The number of rotatable bonds is 5. The molecular formula is C11H18N2O2. The van der Waals surface area contributed by atoms with Crippen LogP contribution in [0.2, 0.25) is 0 Å². The van der Waals surface area contributed by atoms with Crippen molar-refractivity contribution in [2.24, 2.45) is 0 Å². The van der Waals surface area contributed by atoms with Crippen LogP contribution in [-0.4, -0.2) is 34.6 Å². The Morgan fingerprint density at radius 1 is 1.60 bits per heavy atom. The number of nitriles is 1. The van der Waals surface area contributed by atoms with Crippen LogP contribution in [0.25, 0.3) is 0 Å². The molecule has 1 N–H and O–H groups in total. The average molecular weight is 210 g/mol. The zero-order valence-corrected chi connectivity index (χ0v) is 9.20. The van der Waals surface area contributed by atoms with Gasteiger partial charge in [0.25, 0.3) is 0 Å². The lowest BCUT2D eigenvalue weighted by atomic mass is 9.99. The van der Waals surface area contributed by atoms with Crippen LogP contribution >= 0.6 is 0 Å². The third-order valence-corrected chi connectivity index (χ3v) is 3.22. The molecule has 1 saturated heterocycles. The van der Waals surface area contributed by atoms with Gasteiger partial charge in [0.15, 0.2) is 0 Å². The highest BCUT2D eigenvalue weighted by molar-refractivity contribution is 5.78. The molecule has 0 aromatic rings. The summed E-state index contributed by atoms with van der Waals surface area (Å²) in [5.74, 6) is -0.722. The third-order valence-electron chi connectivity index (χ3n) is 3.22. The first-order chi connectivity index (χ1) is 7.11. The van der Waals surface area contributed by atoms with Crippen LogP contribution in [0.1, 0.15) is 39.0 Å². The number of carboxylic acid groups (broad SMARTS) is 1. The quantitative estimate of drug-likeness (QED) is 0.700. The lowest BCUT2D eigenvalue weighted by Crippen LogP contribution is -2.48. The number of hydrogen-bond acceptors (Lipinski definition) is 3. The van der Waals surface area contributed by atoms with Crippen molar-refractivity contribution in [3.05, 3.63) is 0 Å². The second kappa shape index (κ2) is 5.13. The molecule has 84 valence electrons. The van der Waals surface area contributed by atoms with Crippen molar-refractivity contribution in [1.29, 1.82) is 5.26 Å². The van der Waals surface area contributed by atoms with E-state index in [1.807, 2.05) is 4.90 Å². The standard InChI is InChI=1S/C11H18N2O2/c1-11(10(14)15)6-5-9-13(11)8-4-2-3-7-12/h2-6,8-9H2,1H3,(H,14,15). The lowest BCUT2D eigenvalue weighted by molar-refractivity contribution is -0.148. The van der Waals surface area contributed by atoms with Crippen molar-refractivity contribution in [3.63, 3.8) is 0 Å². The van der Waals surface area contributed by atoms with E-state index in [1.165, 1.54) is 0 Å². The minimum atomic E-state index is -0.722. The van der Waals surface area contributed by atoms with Crippen LogP contribution in [-0.2, 0) is 4.79 Å². The predicted octanol–water partition coefficient (Wildman–Crippen LogP) is 1.62. The van der Waals surface area contributed by atoms with Crippen molar-refractivity contribution < 1.29 is 9.90 Å². The Labute approximate surface area is 90.5 Å². The summed E-state index contributed by atoms with van der Waals surface area (Å²) < 4.78 is 0. The fourth-order valence-corrected chi connectivity index (χ4v) is 2.13. The molecule has 4 nitrogen and oxygen atoms in total. The van der Waals surface area contributed by atoms with E-state index < -0.39 is 11.5 Å². The van der Waals surface area contributed by atoms with Gasteiger partial charge in [-0.2, -0.15) is 5.26 Å². The topological polar surface area (TPSA) is 64.3 Å². The van der Waals surface area contributed by atoms with Gasteiger partial charge in [0, 0.05) is 6.42 Å². The molecule has 15 heavy (non-hydrogen) atoms. The molecule has 0 amide bonds. The van der Waals surface area contributed by atoms with Crippen LogP contribution in [0, 0.1) is 11.3 Å². The summed E-state index contributed by atoms with van der Waals surface area (Å²) in [5.41, 5.74) is -0.674. The molecule has 1 rings (SSSR count). The summed E-state index contributed by atoms with van der Waals surface area (Å²) in [6, 6.07) is 2.10. The van der Waals surface area contributed by atoms with Crippen LogP contribution in [0.15, 0.2) is 0 Å². The highest BCUT2D eigenvalue weighted by Crippen LogP contribution is 2.29. The maximum absolute atomic E-state index is 11.1. The number of hydrogen-bond donors (Lipinski definition) is 1. The van der Waals surface area contributed by atoms with Crippen LogP contribution < -0.4 is 0 Å². The molecule has 1 fully saturated rings. The first-order valence-electron chi connectivity index (χ1n) is 5.46. The SMILES string of the molecule is CC1(C(=O)O)CCCN1CCCCC#N. The first kappa shape index (κ1) is 12.0. The molecule has 0 spiro atoms. The van der Waals surface area contributed by atoms with Crippen LogP contribution in [0.4, 0.5) is 0 Å². The number of nitrogens with zero attached hydrogens (tertiary/aromatic N) is 2. The van der Waals surface area contributed by atoms with E-state index >= 15 is 0 Å². The fourth-order valence-electron chi connectivity index (χ4n) is 2.13. The zero-order chi connectivity index (χ0) is 11.3. The first-order valence-corrected chi connectivity index (χ1v) is 5.46. The zero-order valence-electron chi connectivity index (χ0n) is 9.20. The van der Waals surface area contributed by atoms with Crippen molar-refractivity contribution in [3.8, 4) is 6.07 Å². The minimum Gasteiger partial charge on any atom is -0.480 e. The second-order valence-electron chi connectivity index (χ2n) is 4.28. The van der Waals surface area contributed by atoms with E-state index in [0.29, 0.717) is 6.42 Å². The molecule has 0 bridgehead atoms. The monoisotopic (exact) mass is 210 g/mol. The lowest BCUT2D eigenvalue weighted by Gasteiger charge is -2.30. The predicted molar refractivity (Wildman–Crippen MR) is 56.3 cm³/mol. The summed E-state index contributed by atoms with van der Waals surface area (Å²) in [6.07, 6.45) is 4.04. The van der Waals surface area contributed by atoms with Crippen molar-refractivity contribution in [1.82, 2.24) is 4.90 Å². The van der Waals surface area contributed by atoms with Crippen molar-refractivity contribution in [2.75, 3.05) is 13.1 Å². The summed E-state index contributed by atoms with van der Waals surface area (Å²) in [5, 5.41) is 17.5. The number of unbranched alkanes of at least 4 members (excludes halogenated alkanes) is 2. The van der Waals surface area contributed by atoms with Crippen molar-refractivity contribution >= 4 is 5.97 Å². The summed E-state index contributed by atoms with van der Waals surface area (Å²) in [4.78, 5) is 13.2. The Hall–Kier alpha value is -1.08. The Kier molecular flexibility index (Phi) is 4.10. The summed E-state index contributed by atoms with van der Waals surface area (Å²) >= 11 is 0. The van der Waals surface area contributed by atoms with E-state index in [0.717, 1.165) is 38.8 Å². The maximum Gasteiger partial charge on any atom is 0.323 e. The molecule has 0 aromatic heterocycles. The van der Waals surface area contributed by atoms with E-state index in [-0.39, 0.29) is 0 Å². The highest BCUT2D eigenvalue weighted by atomic mass is 16.4. The number of likely N-dealkylation sites (tertiary alicyclic amines) is 1. The van der Waals surface area contributed by atoms with Gasteiger partial charge in [-0.25, -0.2) is 0 Å². The van der Waals surface area contributed by atoms with Gasteiger partial charge in [-0.3, -0.25) is 9.69 Å². The van der Waals surface area contributed by atoms with E-state index in [9.17, 15) is 4.79 Å². The largest absolute Gasteiger partial charge is 0.480 e. The van der Waals surface area contributed by atoms with E-state index in [4.69, 9.17) is 10.4 Å². The van der Waals surface area contributed by atoms with Gasteiger partial charge < -0.3 is 5.11 Å². The molecule has 0 aromatic carbocycles. The second-order valence-corrected chi connectivity index (χ2v) is 4.28. The Balaban J connectivity index is 2.41. The molecular weight excluding hydrogens is 192 g/mol. The molecule has 1 atom stereocenters. The Morgan fingerprint density at radius 3 is 2.93 bits per heavy atom. The summed E-state index contributed by atoms with van der Waals surface area (Å²) in [7, 11) is 0. The van der Waals surface area contributed by atoms with Gasteiger partial charge >= 0.3 is 5.97 Å².